The fourth-order valence-corrected chi connectivity index (χ4v) is 6.09. The SMILES string of the molecule is CCOc1ccc(/C=C(\NC(=O)c2ccccc2)C(=O)Nc2ccc(SC(C(=O)Nc3nc(C)cs3)c3ccccc3)cc2)cc1. The lowest BCUT2D eigenvalue weighted by Gasteiger charge is -2.17. The molecule has 0 bridgehead atoms. The van der Waals surface area contributed by atoms with Crippen LogP contribution in [0.5, 0.6) is 5.75 Å². The first kappa shape index (κ1) is 32.2. The van der Waals surface area contributed by atoms with Gasteiger partial charge in [-0.1, -0.05) is 60.7 Å². The maximum absolute atomic E-state index is 13.5. The summed E-state index contributed by atoms with van der Waals surface area (Å²) >= 11 is 2.78. The predicted octanol–water partition coefficient (Wildman–Crippen LogP) is 7.73. The summed E-state index contributed by atoms with van der Waals surface area (Å²) in [6.45, 7) is 4.33. The van der Waals surface area contributed by atoms with Gasteiger partial charge in [-0.3, -0.25) is 14.4 Å². The van der Waals surface area contributed by atoms with Crippen molar-refractivity contribution >= 4 is 57.7 Å². The van der Waals surface area contributed by atoms with E-state index in [9.17, 15) is 14.4 Å². The summed E-state index contributed by atoms with van der Waals surface area (Å²) in [6.07, 6.45) is 1.61. The monoisotopic (exact) mass is 648 g/mol. The zero-order valence-electron chi connectivity index (χ0n) is 25.2. The molecule has 5 aromatic rings. The van der Waals surface area contributed by atoms with Gasteiger partial charge in [-0.25, -0.2) is 4.98 Å². The minimum atomic E-state index is -0.525. The van der Waals surface area contributed by atoms with E-state index in [2.05, 4.69) is 20.9 Å². The number of thiazole rings is 1. The van der Waals surface area contributed by atoms with Crippen LogP contribution in [-0.4, -0.2) is 29.3 Å². The number of hydrogen-bond donors (Lipinski definition) is 3. The van der Waals surface area contributed by atoms with E-state index in [-0.39, 0.29) is 11.6 Å². The van der Waals surface area contributed by atoms with Gasteiger partial charge in [-0.2, -0.15) is 0 Å². The number of hydrogen-bond acceptors (Lipinski definition) is 7. The van der Waals surface area contributed by atoms with Crippen LogP contribution in [0.1, 0.15) is 39.4 Å². The maximum atomic E-state index is 13.5. The smallest absolute Gasteiger partial charge is 0.272 e. The second-order valence-electron chi connectivity index (χ2n) is 10.1. The molecule has 1 aromatic heterocycles. The molecular formula is C36H32N4O4S2. The Kier molecular flexibility index (Phi) is 11.0. The second-order valence-corrected chi connectivity index (χ2v) is 12.1. The molecule has 5 rings (SSSR count). The number of rotatable bonds is 12. The summed E-state index contributed by atoms with van der Waals surface area (Å²) in [6, 6.07) is 32.7. The minimum absolute atomic E-state index is 0.0784. The molecule has 1 heterocycles. The average Bonchev–Trinajstić information content (AvgIpc) is 3.49. The highest BCUT2D eigenvalue weighted by molar-refractivity contribution is 8.00. The Hall–Kier alpha value is -5.19. The molecule has 3 N–H and O–H groups in total. The quantitative estimate of drug-likeness (QED) is 0.0944. The van der Waals surface area contributed by atoms with Crippen LogP contribution in [0, 0.1) is 6.92 Å². The Labute approximate surface area is 275 Å². The Morgan fingerprint density at radius 3 is 2.17 bits per heavy atom. The summed E-state index contributed by atoms with van der Waals surface area (Å²) in [5, 5.41) is 10.5. The van der Waals surface area contributed by atoms with Crippen LogP contribution in [0.2, 0.25) is 0 Å². The highest BCUT2D eigenvalue weighted by Gasteiger charge is 2.23. The van der Waals surface area contributed by atoms with E-state index in [4.69, 9.17) is 4.74 Å². The van der Waals surface area contributed by atoms with Crippen molar-refractivity contribution < 1.29 is 19.1 Å². The first-order chi connectivity index (χ1) is 22.4. The third kappa shape index (κ3) is 8.93. The third-order valence-electron chi connectivity index (χ3n) is 6.59. The maximum Gasteiger partial charge on any atom is 0.272 e. The Bertz CT molecular complexity index is 1810. The van der Waals surface area contributed by atoms with Crippen LogP contribution in [-0.2, 0) is 9.59 Å². The van der Waals surface area contributed by atoms with Gasteiger partial charge < -0.3 is 20.7 Å². The number of benzene rings is 4. The molecule has 0 saturated heterocycles. The van der Waals surface area contributed by atoms with Crippen molar-refractivity contribution in [1.29, 1.82) is 0 Å². The van der Waals surface area contributed by atoms with Crippen LogP contribution in [0.4, 0.5) is 10.8 Å². The van der Waals surface area contributed by atoms with Crippen LogP contribution in [0.25, 0.3) is 6.08 Å². The minimum Gasteiger partial charge on any atom is -0.494 e. The van der Waals surface area contributed by atoms with Gasteiger partial charge in [0, 0.05) is 21.5 Å². The summed E-state index contributed by atoms with van der Waals surface area (Å²) < 4.78 is 5.52. The van der Waals surface area contributed by atoms with Crippen LogP contribution in [0.15, 0.2) is 125 Å². The molecule has 4 aromatic carbocycles. The summed E-state index contributed by atoms with van der Waals surface area (Å²) in [4.78, 5) is 45.0. The highest BCUT2D eigenvalue weighted by atomic mass is 32.2. The van der Waals surface area contributed by atoms with Crippen LogP contribution >= 0.6 is 23.1 Å². The van der Waals surface area contributed by atoms with Gasteiger partial charge in [0.15, 0.2) is 5.13 Å². The van der Waals surface area contributed by atoms with Crippen molar-refractivity contribution in [3.8, 4) is 5.75 Å². The number of thioether (sulfide) groups is 1. The number of carbonyl (C=O) groups excluding carboxylic acids is 3. The summed E-state index contributed by atoms with van der Waals surface area (Å²) in [5.41, 5.74) is 3.45. The zero-order chi connectivity index (χ0) is 32.3. The number of nitrogens with zero attached hydrogens (tertiary/aromatic N) is 1. The topological polar surface area (TPSA) is 109 Å². The van der Waals surface area contributed by atoms with Crippen molar-refractivity contribution in [3.63, 3.8) is 0 Å². The van der Waals surface area contributed by atoms with Crippen molar-refractivity contribution in [3.05, 3.63) is 143 Å². The molecule has 0 aliphatic rings. The number of carbonyl (C=O) groups is 3. The molecule has 232 valence electrons. The van der Waals surface area contributed by atoms with E-state index in [1.165, 1.54) is 23.1 Å². The van der Waals surface area contributed by atoms with Gasteiger partial charge in [0.25, 0.3) is 11.8 Å². The number of aromatic nitrogens is 1. The standard InChI is InChI=1S/C36H32N4O4S2/c1-3-44-29-18-14-25(15-19-29)22-31(39-33(41)27-12-8-5-9-13-27)34(42)38-28-16-20-30(21-17-28)46-32(26-10-6-4-7-11-26)35(43)40-36-37-24(2)23-45-36/h4-23,32H,3H2,1-2H3,(H,38,42)(H,39,41)(H,37,40,43)/b31-22-. The molecular weight excluding hydrogens is 617 g/mol. The van der Waals surface area contributed by atoms with Gasteiger partial charge in [0.1, 0.15) is 16.7 Å². The normalized spacial score (nSPS) is 11.7. The molecule has 0 aliphatic carbocycles. The fraction of sp³-hybridized carbons (Fsp3) is 0.111. The lowest BCUT2D eigenvalue weighted by molar-refractivity contribution is -0.116. The van der Waals surface area contributed by atoms with Crippen molar-refractivity contribution in [2.45, 2.75) is 24.0 Å². The molecule has 1 atom stereocenters. The fourth-order valence-electron chi connectivity index (χ4n) is 4.37. The van der Waals surface area contributed by atoms with E-state index < -0.39 is 17.1 Å². The molecule has 0 spiro atoms. The molecule has 0 radical (unpaired) electrons. The van der Waals surface area contributed by atoms with Crippen LogP contribution < -0.4 is 20.7 Å². The number of aryl methyl sites for hydroxylation is 1. The van der Waals surface area contributed by atoms with Gasteiger partial charge >= 0.3 is 0 Å². The van der Waals surface area contributed by atoms with Crippen molar-refractivity contribution in [2.24, 2.45) is 0 Å². The van der Waals surface area contributed by atoms with E-state index >= 15 is 0 Å². The summed E-state index contributed by atoms with van der Waals surface area (Å²) in [5.74, 6) is -0.361. The molecule has 46 heavy (non-hydrogen) atoms. The average molecular weight is 649 g/mol. The Balaban J connectivity index is 1.32. The van der Waals surface area contributed by atoms with Gasteiger partial charge in [0.05, 0.1) is 12.3 Å². The van der Waals surface area contributed by atoms with Crippen LogP contribution in [0.3, 0.4) is 0 Å². The largest absolute Gasteiger partial charge is 0.494 e. The lowest BCUT2D eigenvalue weighted by Crippen LogP contribution is -2.30. The predicted molar refractivity (Wildman–Crippen MR) is 185 cm³/mol. The van der Waals surface area contributed by atoms with E-state index in [1.807, 2.05) is 79.9 Å². The molecule has 0 saturated carbocycles. The van der Waals surface area contributed by atoms with E-state index in [0.29, 0.717) is 34.3 Å². The van der Waals surface area contributed by atoms with Crippen molar-refractivity contribution in [2.75, 3.05) is 17.2 Å². The van der Waals surface area contributed by atoms with Gasteiger partial charge in [-0.05, 0) is 79.6 Å². The van der Waals surface area contributed by atoms with Gasteiger partial charge in [-0.15, -0.1) is 23.1 Å². The molecule has 1 unspecified atom stereocenters. The first-order valence-corrected chi connectivity index (χ1v) is 16.3. The second kappa shape index (κ2) is 15.7. The van der Waals surface area contributed by atoms with Gasteiger partial charge in [0.2, 0.25) is 5.91 Å². The Morgan fingerprint density at radius 1 is 0.870 bits per heavy atom. The molecule has 8 nitrogen and oxygen atoms in total. The first-order valence-electron chi connectivity index (χ1n) is 14.5. The number of ether oxygens (including phenoxy) is 1. The molecule has 0 aliphatic heterocycles. The number of amides is 3. The summed E-state index contributed by atoms with van der Waals surface area (Å²) in [7, 11) is 0. The van der Waals surface area contributed by atoms with E-state index in [1.54, 1.807) is 54.6 Å². The van der Waals surface area contributed by atoms with Crippen molar-refractivity contribution in [1.82, 2.24) is 10.3 Å². The molecule has 3 amide bonds. The molecule has 10 heteroatoms. The lowest BCUT2D eigenvalue weighted by atomic mass is 10.1. The Morgan fingerprint density at radius 2 is 1.54 bits per heavy atom. The number of anilines is 2. The number of nitrogens with one attached hydrogen (secondary N) is 3. The third-order valence-corrected chi connectivity index (χ3v) is 8.73. The molecule has 0 fully saturated rings. The zero-order valence-corrected chi connectivity index (χ0v) is 26.9. The van der Waals surface area contributed by atoms with E-state index in [0.717, 1.165) is 16.2 Å². The highest BCUT2D eigenvalue weighted by Crippen LogP contribution is 2.37.